The van der Waals surface area contributed by atoms with Crippen LogP contribution >= 0.6 is 11.6 Å². The number of rotatable bonds is 2. The normalized spacial score (nSPS) is 12.7. The highest BCUT2D eigenvalue weighted by Crippen LogP contribution is 2.22. The molecule has 0 fully saturated rings. The molecule has 0 saturated heterocycles. The van der Waals surface area contributed by atoms with Crippen molar-refractivity contribution in [1.82, 2.24) is 0 Å². The van der Waals surface area contributed by atoms with Crippen molar-refractivity contribution in [2.75, 3.05) is 5.32 Å². The highest BCUT2D eigenvalue weighted by molar-refractivity contribution is 6.31. The summed E-state index contributed by atoms with van der Waals surface area (Å²) >= 11 is 5.81. The molecule has 0 radical (unpaired) electrons. The molecule has 0 saturated carbocycles. The Bertz CT molecular complexity index is 500. The van der Waals surface area contributed by atoms with E-state index in [2.05, 4.69) is 5.32 Å². The van der Waals surface area contributed by atoms with Gasteiger partial charge >= 0.3 is 0 Å². The molecule has 0 aliphatic rings. The molecule has 0 unspecified atom stereocenters. The van der Waals surface area contributed by atoms with Crippen molar-refractivity contribution in [2.24, 2.45) is 11.1 Å². The Balaban J connectivity index is 2.87. The Labute approximate surface area is 112 Å². The second-order valence-electron chi connectivity index (χ2n) is 5.14. The fraction of sp³-hybridized carbons (Fsp3) is 0.385. The SMILES string of the molecule is CC(C)(C)[C@H](N)C(=O)Nc1ccc(Cl)c(C#N)c1. The van der Waals surface area contributed by atoms with E-state index in [1.54, 1.807) is 12.1 Å². The minimum atomic E-state index is -0.626. The predicted molar refractivity (Wildman–Crippen MR) is 72.2 cm³/mol. The van der Waals surface area contributed by atoms with Gasteiger partial charge in [0.25, 0.3) is 0 Å². The van der Waals surface area contributed by atoms with Gasteiger partial charge in [0.1, 0.15) is 6.07 Å². The van der Waals surface area contributed by atoms with Gasteiger partial charge < -0.3 is 11.1 Å². The van der Waals surface area contributed by atoms with Crippen molar-refractivity contribution in [3.8, 4) is 6.07 Å². The van der Waals surface area contributed by atoms with Crippen LogP contribution in [0.5, 0.6) is 0 Å². The summed E-state index contributed by atoms with van der Waals surface area (Å²) < 4.78 is 0. The number of nitrogens with zero attached hydrogens (tertiary/aromatic N) is 1. The Morgan fingerprint density at radius 3 is 2.61 bits per heavy atom. The molecule has 96 valence electrons. The molecule has 0 aliphatic heterocycles. The van der Waals surface area contributed by atoms with E-state index in [1.807, 2.05) is 26.8 Å². The van der Waals surface area contributed by atoms with Crippen LogP contribution in [0.25, 0.3) is 0 Å². The molecule has 18 heavy (non-hydrogen) atoms. The number of carbonyl (C=O) groups is 1. The lowest BCUT2D eigenvalue weighted by molar-refractivity contribution is -0.119. The van der Waals surface area contributed by atoms with E-state index in [-0.39, 0.29) is 11.3 Å². The van der Waals surface area contributed by atoms with Gasteiger partial charge in [-0.15, -0.1) is 0 Å². The first-order valence-corrected chi connectivity index (χ1v) is 5.89. The van der Waals surface area contributed by atoms with Gasteiger partial charge in [0.05, 0.1) is 16.6 Å². The van der Waals surface area contributed by atoms with Crippen LogP contribution in [0, 0.1) is 16.7 Å². The molecule has 1 atom stereocenters. The summed E-state index contributed by atoms with van der Waals surface area (Å²) in [5.74, 6) is -0.284. The van der Waals surface area contributed by atoms with E-state index in [1.165, 1.54) is 6.07 Å². The summed E-state index contributed by atoms with van der Waals surface area (Å²) in [6.45, 7) is 5.67. The van der Waals surface area contributed by atoms with Gasteiger partial charge in [-0.05, 0) is 23.6 Å². The third kappa shape index (κ3) is 3.46. The van der Waals surface area contributed by atoms with Crippen LogP contribution in [-0.2, 0) is 4.79 Å². The Kier molecular flexibility index (Phi) is 4.33. The van der Waals surface area contributed by atoms with E-state index in [0.717, 1.165) is 0 Å². The quantitative estimate of drug-likeness (QED) is 0.862. The smallest absolute Gasteiger partial charge is 0.241 e. The second kappa shape index (κ2) is 5.38. The van der Waals surface area contributed by atoms with E-state index in [4.69, 9.17) is 22.6 Å². The largest absolute Gasteiger partial charge is 0.325 e. The van der Waals surface area contributed by atoms with Crippen LogP contribution in [0.3, 0.4) is 0 Å². The topological polar surface area (TPSA) is 78.9 Å². The summed E-state index contributed by atoms with van der Waals surface area (Å²) in [6.07, 6.45) is 0. The van der Waals surface area contributed by atoms with E-state index < -0.39 is 6.04 Å². The van der Waals surface area contributed by atoms with Crippen molar-refractivity contribution in [3.05, 3.63) is 28.8 Å². The lowest BCUT2D eigenvalue weighted by Gasteiger charge is -2.25. The second-order valence-corrected chi connectivity index (χ2v) is 5.55. The maximum absolute atomic E-state index is 11.9. The molecule has 0 heterocycles. The van der Waals surface area contributed by atoms with Crippen LogP contribution in [0.15, 0.2) is 18.2 Å². The van der Waals surface area contributed by atoms with Gasteiger partial charge in [0.2, 0.25) is 5.91 Å². The third-order valence-corrected chi connectivity index (χ3v) is 2.90. The number of hydrogen-bond acceptors (Lipinski definition) is 3. The van der Waals surface area contributed by atoms with Crippen LogP contribution < -0.4 is 11.1 Å². The van der Waals surface area contributed by atoms with Crippen molar-refractivity contribution in [1.29, 1.82) is 5.26 Å². The number of benzene rings is 1. The van der Waals surface area contributed by atoms with E-state index in [0.29, 0.717) is 16.3 Å². The van der Waals surface area contributed by atoms with Gasteiger partial charge in [-0.2, -0.15) is 5.26 Å². The first-order chi connectivity index (χ1) is 8.25. The lowest BCUT2D eigenvalue weighted by atomic mass is 9.87. The Hall–Kier alpha value is -1.57. The summed E-state index contributed by atoms with van der Waals surface area (Å²) in [5.41, 5.74) is 6.35. The highest BCUT2D eigenvalue weighted by Gasteiger charge is 2.27. The Morgan fingerprint density at radius 1 is 1.50 bits per heavy atom. The zero-order chi connectivity index (χ0) is 13.9. The Morgan fingerprint density at radius 2 is 2.11 bits per heavy atom. The number of nitrogens with two attached hydrogens (primary N) is 1. The molecule has 0 spiro atoms. The number of anilines is 1. The minimum absolute atomic E-state index is 0.284. The first kappa shape index (κ1) is 14.5. The molecule has 0 bridgehead atoms. The molecule has 0 aliphatic carbocycles. The zero-order valence-electron chi connectivity index (χ0n) is 10.6. The monoisotopic (exact) mass is 265 g/mol. The molecule has 0 aromatic heterocycles. The molecule has 1 amide bonds. The van der Waals surface area contributed by atoms with Crippen molar-refractivity contribution >= 4 is 23.2 Å². The molecule has 1 aromatic carbocycles. The van der Waals surface area contributed by atoms with Crippen molar-refractivity contribution in [2.45, 2.75) is 26.8 Å². The first-order valence-electron chi connectivity index (χ1n) is 5.52. The van der Waals surface area contributed by atoms with E-state index >= 15 is 0 Å². The number of halogens is 1. The summed E-state index contributed by atoms with van der Waals surface area (Å²) in [5, 5.41) is 11.9. The zero-order valence-corrected chi connectivity index (χ0v) is 11.4. The van der Waals surface area contributed by atoms with Gasteiger partial charge in [0, 0.05) is 5.69 Å². The van der Waals surface area contributed by atoms with Crippen LogP contribution in [0.4, 0.5) is 5.69 Å². The number of nitriles is 1. The predicted octanol–water partition coefficient (Wildman–Crippen LogP) is 2.52. The van der Waals surface area contributed by atoms with Gasteiger partial charge in [-0.25, -0.2) is 0 Å². The molecule has 4 nitrogen and oxygen atoms in total. The highest BCUT2D eigenvalue weighted by atomic mass is 35.5. The van der Waals surface area contributed by atoms with Gasteiger partial charge in [0.15, 0.2) is 0 Å². The maximum Gasteiger partial charge on any atom is 0.241 e. The van der Waals surface area contributed by atoms with Crippen LogP contribution in [0.2, 0.25) is 5.02 Å². The fourth-order valence-electron chi connectivity index (χ4n) is 1.30. The maximum atomic E-state index is 11.9. The average Bonchev–Trinajstić information content (AvgIpc) is 2.29. The van der Waals surface area contributed by atoms with Crippen molar-refractivity contribution in [3.63, 3.8) is 0 Å². The molecule has 1 aromatic rings. The van der Waals surface area contributed by atoms with Crippen molar-refractivity contribution < 1.29 is 4.79 Å². The lowest BCUT2D eigenvalue weighted by Crippen LogP contribution is -2.45. The summed E-state index contributed by atoms with van der Waals surface area (Å²) in [6, 6.07) is 6.05. The number of carbonyl (C=O) groups excluding carboxylic acids is 1. The minimum Gasteiger partial charge on any atom is -0.325 e. The number of nitrogens with one attached hydrogen (secondary N) is 1. The summed E-state index contributed by atoms with van der Waals surface area (Å²) in [4.78, 5) is 11.9. The molecule has 1 rings (SSSR count). The molecular weight excluding hydrogens is 250 g/mol. The summed E-state index contributed by atoms with van der Waals surface area (Å²) in [7, 11) is 0. The van der Waals surface area contributed by atoms with Gasteiger partial charge in [-0.3, -0.25) is 4.79 Å². The van der Waals surface area contributed by atoms with Crippen LogP contribution in [-0.4, -0.2) is 11.9 Å². The average molecular weight is 266 g/mol. The van der Waals surface area contributed by atoms with E-state index in [9.17, 15) is 4.79 Å². The molecule has 5 heteroatoms. The molecule has 3 N–H and O–H groups in total. The molecular formula is C13H16ClN3O. The number of hydrogen-bond donors (Lipinski definition) is 2. The fourth-order valence-corrected chi connectivity index (χ4v) is 1.46. The standard InChI is InChI=1S/C13H16ClN3O/c1-13(2,3)11(16)12(18)17-9-4-5-10(14)8(6-9)7-15/h4-6,11H,16H2,1-3H3,(H,17,18)/t11-/m1/s1. The number of amides is 1. The third-order valence-electron chi connectivity index (χ3n) is 2.57. The van der Waals surface area contributed by atoms with Crippen LogP contribution in [0.1, 0.15) is 26.3 Å². The van der Waals surface area contributed by atoms with Gasteiger partial charge in [-0.1, -0.05) is 32.4 Å².